The first kappa shape index (κ1) is 23.6. The summed E-state index contributed by atoms with van der Waals surface area (Å²) in [6, 6.07) is 21.3. The minimum Gasteiger partial charge on any atom is -0.497 e. The minimum absolute atomic E-state index is 0.152. The highest BCUT2D eigenvalue weighted by molar-refractivity contribution is 7.99. The van der Waals surface area contributed by atoms with E-state index in [1.165, 1.54) is 19.2 Å². The van der Waals surface area contributed by atoms with E-state index in [4.69, 9.17) is 10.5 Å². The molecular weight excluding hydrogens is 446 g/mol. The Morgan fingerprint density at radius 3 is 2.12 bits per heavy atom. The molecule has 7 nitrogen and oxygen atoms in total. The molecule has 4 N–H and O–H groups in total. The van der Waals surface area contributed by atoms with E-state index in [1.807, 2.05) is 48.5 Å². The Morgan fingerprint density at radius 2 is 1.53 bits per heavy atom. The molecule has 0 aromatic heterocycles. The summed E-state index contributed by atoms with van der Waals surface area (Å²) in [7, 11) is -2.11. The molecule has 0 atom stereocenters. The van der Waals surface area contributed by atoms with Crippen LogP contribution in [-0.2, 0) is 14.8 Å². The van der Waals surface area contributed by atoms with Crippen molar-refractivity contribution < 1.29 is 17.9 Å². The zero-order valence-electron chi connectivity index (χ0n) is 17.6. The molecule has 0 bridgehead atoms. The summed E-state index contributed by atoms with van der Waals surface area (Å²) in [6.07, 6.45) is 0.583. The van der Waals surface area contributed by atoms with Crippen molar-refractivity contribution in [2.24, 2.45) is 0 Å². The summed E-state index contributed by atoms with van der Waals surface area (Å²) >= 11 is 1.60. The van der Waals surface area contributed by atoms with Gasteiger partial charge < -0.3 is 15.8 Å². The minimum atomic E-state index is -3.62. The Bertz CT molecular complexity index is 1130. The maximum Gasteiger partial charge on any atom is 0.240 e. The van der Waals surface area contributed by atoms with E-state index >= 15 is 0 Å². The zero-order valence-corrected chi connectivity index (χ0v) is 19.2. The first-order valence-electron chi connectivity index (χ1n) is 9.93. The van der Waals surface area contributed by atoms with Gasteiger partial charge in [-0.25, -0.2) is 13.1 Å². The van der Waals surface area contributed by atoms with Crippen LogP contribution in [0, 0.1) is 0 Å². The number of carbonyl (C=O) groups is 1. The van der Waals surface area contributed by atoms with Gasteiger partial charge in [-0.1, -0.05) is 11.8 Å². The van der Waals surface area contributed by atoms with Crippen molar-refractivity contribution in [3.8, 4) is 5.75 Å². The quantitative estimate of drug-likeness (QED) is 0.303. The van der Waals surface area contributed by atoms with Gasteiger partial charge in [0.25, 0.3) is 0 Å². The molecule has 3 aromatic carbocycles. The number of nitrogen functional groups attached to an aromatic ring is 1. The lowest BCUT2D eigenvalue weighted by Gasteiger charge is -2.09. The maximum absolute atomic E-state index is 12.3. The van der Waals surface area contributed by atoms with Gasteiger partial charge in [0.1, 0.15) is 5.75 Å². The molecule has 9 heteroatoms. The third-order valence-corrected chi connectivity index (χ3v) is 6.99. The predicted octanol–water partition coefficient (Wildman–Crippen LogP) is 4.13. The normalized spacial score (nSPS) is 11.2. The lowest BCUT2D eigenvalue weighted by molar-refractivity contribution is -0.116. The Labute approximate surface area is 192 Å². The smallest absolute Gasteiger partial charge is 0.240 e. The number of benzene rings is 3. The van der Waals surface area contributed by atoms with Crippen molar-refractivity contribution in [3.63, 3.8) is 0 Å². The van der Waals surface area contributed by atoms with Crippen LogP contribution in [0.1, 0.15) is 12.8 Å². The molecule has 0 aliphatic heterocycles. The predicted molar refractivity (Wildman–Crippen MR) is 127 cm³/mol. The highest BCUT2D eigenvalue weighted by Crippen LogP contribution is 2.29. The van der Waals surface area contributed by atoms with Crippen LogP contribution in [0.2, 0.25) is 0 Å². The average molecular weight is 472 g/mol. The fourth-order valence-corrected chi connectivity index (χ4v) is 4.69. The molecule has 3 rings (SSSR count). The molecule has 32 heavy (non-hydrogen) atoms. The Balaban J connectivity index is 1.42. The van der Waals surface area contributed by atoms with Gasteiger partial charge in [0.2, 0.25) is 15.9 Å². The fraction of sp³-hybridized carbons (Fsp3) is 0.174. The van der Waals surface area contributed by atoms with Gasteiger partial charge >= 0.3 is 0 Å². The lowest BCUT2D eigenvalue weighted by atomic mass is 10.2. The van der Waals surface area contributed by atoms with Crippen LogP contribution >= 0.6 is 11.8 Å². The van der Waals surface area contributed by atoms with Crippen molar-refractivity contribution in [2.75, 3.05) is 24.7 Å². The summed E-state index contributed by atoms with van der Waals surface area (Å²) < 4.78 is 32.1. The van der Waals surface area contributed by atoms with E-state index in [0.29, 0.717) is 17.9 Å². The van der Waals surface area contributed by atoms with E-state index in [-0.39, 0.29) is 23.8 Å². The van der Waals surface area contributed by atoms with Crippen LogP contribution in [0.25, 0.3) is 0 Å². The molecule has 0 saturated heterocycles. The van der Waals surface area contributed by atoms with Gasteiger partial charge in [0.05, 0.1) is 12.0 Å². The monoisotopic (exact) mass is 471 g/mol. The van der Waals surface area contributed by atoms with Gasteiger partial charge in [-0.2, -0.15) is 0 Å². The summed E-state index contributed by atoms with van der Waals surface area (Å²) in [5.41, 5.74) is 7.11. The number of ether oxygens (including phenoxy) is 1. The lowest BCUT2D eigenvalue weighted by Crippen LogP contribution is -2.25. The van der Waals surface area contributed by atoms with Crippen LogP contribution in [0.15, 0.2) is 87.5 Å². The maximum atomic E-state index is 12.3. The largest absolute Gasteiger partial charge is 0.497 e. The topological polar surface area (TPSA) is 111 Å². The third-order valence-electron chi connectivity index (χ3n) is 4.50. The molecule has 168 valence electrons. The second-order valence-corrected chi connectivity index (χ2v) is 9.83. The average Bonchev–Trinajstić information content (AvgIpc) is 2.79. The Kier molecular flexibility index (Phi) is 8.15. The molecule has 0 heterocycles. The number of sulfonamides is 1. The third kappa shape index (κ3) is 7.01. The van der Waals surface area contributed by atoms with Gasteiger partial charge in [-0.3, -0.25) is 4.79 Å². The molecule has 0 fully saturated rings. The number of anilines is 2. The van der Waals surface area contributed by atoms with E-state index in [9.17, 15) is 13.2 Å². The summed E-state index contributed by atoms with van der Waals surface area (Å²) in [5, 5.41) is 2.83. The van der Waals surface area contributed by atoms with Crippen LogP contribution in [0.5, 0.6) is 5.75 Å². The SMILES string of the molecule is COc1ccc(S(=O)(=O)NCCCC(=O)Nc2ccc(Sc3ccc(N)cc3)cc2)cc1. The van der Waals surface area contributed by atoms with Crippen molar-refractivity contribution >= 4 is 39.1 Å². The molecule has 0 radical (unpaired) electrons. The molecule has 0 unspecified atom stereocenters. The van der Waals surface area contributed by atoms with E-state index < -0.39 is 10.0 Å². The van der Waals surface area contributed by atoms with Crippen LogP contribution < -0.4 is 20.5 Å². The highest BCUT2D eigenvalue weighted by atomic mass is 32.2. The number of carbonyl (C=O) groups excluding carboxylic acids is 1. The number of amides is 1. The van der Waals surface area contributed by atoms with Crippen molar-refractivity contribution in [1.29, 1.82) is 0 Å². The summed E-state index contributed by atoms with van der Waals surface area (Å²) in [4.78, 5) is 14.4. The van der Waals surface area contributed by atoms with Gasteiger partial charge in [-0.15, -0.1) is 0 Å². The van der Waals surface area contributed by atoms with E-state index in [1.54, 1.807) is 23.9 Å². The molecule has 0 aliphatic carbocycles. The first-order valence-corrected chi connectivity index (χ1v) is 12.2. The number of hydrogen-bond acceptors (Lipinski definition) is 6. The summed E-state index contributed by atoms with van der Waals surface area (Å²) in [5.74, 6) is 0.407. The number of rotatable bonds is 10. The molecule has 0 spiro atoms. The van der Waals surface area contributed by atoms with Crippen molar-refractivity contribution in [3.05, 3.63) is 72.8 Å². The van der Waals surface area contributed by atoms with Crippen LogP contribution in [0.3, 0.4) is 0 Å². The molecule has 0 saturated carbocycles. The molecular formula is C23H25N3O4S2. The molecule has 0 aliphatic rings. The number of nitrogens with two attached hydrogens (primary N) is 1. The van der Waals surface area contributed by atoms with Crippen LogP contribution in [-0.4, -0.2) is 28.0 Å². The highest BCUT2D eigenvalue weighted by Gasteiger charge is 2.13. The number of hydrogen-bond donors (Lipinski definition) is 3. The van der Waals surface area contributed by atoms with Crippen LogP contribution in [0.4, 0.5) is 11.4 Å². The summed E-state index contributed by atoms with van der Waals surface area (Å²) in [6.45, 7) is 0.166. The zero-order chi connectivity index (χ0) is 23.0. The van der Waals surface area contributed by atoms with Crippen molar-refractivity contribution in [2.45, 2.75) is 27.5 Å². The Hall–Kier alpha value is -3.01. The Morgan fingerprint density at radius 1 is 0.938 bits per heavy atom. The number of methoxy groups -OCH3 is 1. The standard InChI is InChI=1S/C23H25N3O4S2/c1-30-19-8-14-22(15-9-19)32(28,29)25-16-2-3-23(27)26-18-6-12-21(13-7-18)31-20-10-4-17(24)5-11-20/h4-15,25H,2-3,16,24H2,1H3,(H,26,27). The van der Waals surface area contributed by atoms with E-state index in [0.717, 1.165) is 15.5 Å². The molecule has 3 aromatic rings. The molecule has 1 amide bonds. The van der Waals surface area contributed by atoms with Gasteiger partial charge in [0, 0.05) is 34.1 Å². The van der Waals surface area contributed by atoms with Crippen molar-refractivity contribution in [1.82, 2.24) is 4.72 Å². The second-order valence-electron chi connectivity index (χ2n) is 6.92. The fourth-order valence-electron chi connectivity index (χ4n) is 2.80. The van der Waals surface area contributed by atoms with Gasteiger partial charge in [-0.05, 0) is 79.2 Å². The number of nitrogens with one attached hydrogen (secondary N) is 2. The van der Waals surface area contributed by atoms with Gasteiger partial charge in [0.15, 0.2) is 0 Å². The second kappa shape index (κ2) is 11.0. The first-order chi connectivity index (χ1) is 15.4. The van der Waals surface area contributed by atoms with E-state index in [2.05, 4.69) is 10.0 Å².